The summed E-state index contributed by atoms with van der Waals surface area (Å²) in [7, 11) is 0. The average Bonchev–Trinajstić information content (AvgIpc) is 2.34. The van der Waals surface area contributed by atoms with E-state index >= 15 is 0 Å². The molecule has 2 N–H and O–H groups in total. The summed E-state index contributed by atoms with van der Waals surface area (Å²) in [5.74, 6) is 0.1000. The van der Waals surface area contributed by atoms with Crippen molar-refractivity contribution in [1.82, 2.24) is 4.90 Å². The fraction of sp³-hybridized carbons (Fsp3) is 0.600. The number of rotatable bonds is 0. The molecule has 1 heterocycles. The van der Waals surface area contributed by atoms with Gasteiger partial charge in [0, 0.05) is 6.54 Å². The van der Waals surface area contributed by atoms with Crippen molar-refractivity contribution >= 4 is 34.4 Å². The molecule has 3 nitrogen and oxygen atoms in total. The Bertz CT molecular complexity index is 171. The van der Waals surface area contributed by atoms with Gasteiger partial charge in [-0.2, -0.15) is 0 Å². The monoisotopic (exact) mass is 176 g/mol. The van der Waals surface area contributed by atoms with Crippen LogP contribution in [0.25, 0.3) is 0 Å². The molecule has 0 saturated carbocycles. The topological polar surface area (TPSA) is 49.2 Å². The van der Waals surface area contributed by atoms with Crippen LogP contribution in [0, 0.1) is 0 Å². The first kappa shape index (κ1) is 7.97. The Kier molecular flexibility index (Phi) is 2.64. The van der Waals surface area contributed by atoms with Crippen LogP contribution in [-0.2, 0) is 4.79 Å². The summed E-state index contributed by atoms with van der Waals surface area (Å²) >= 11 is 5.80. The molecule has 1 saturated heterocycles. The van der Waals surface area contributed by atoms with Gasteiger partial charge in [0.25, 0.3) is 0 Å². The second-order valence-electron chi connectivity index (χ2n) is 2.03. The third-order valence-corrected chi connectivity index (χ3v) is 2.33. The molecule has 0 aromatic heterocycles. The van der Waals surface area contributed by atoms with Gasteiger partial charge in [-0.05, 0) is 18.4 Å². The fourth-order valence-electron chi connectivity index (χ4n) is 0.905. The smallest absolute Gasteiger partial charge is 0.272 e. The molecule has 10 heavy (non-hydrogen) atoms. The van der Waals surface area contributed by atoms with E-state index in [0.29, 0.717) is 10.7 Å². The maximum Gasteiger partial charge on any atom is 0.548 e. The maximum absolute atomic E-state index is 10.9. The third kappa shape index (κ3) is 1.47. The van der Waals surface area contributed by atoms with Crippen molar-refractivity contribution in [2.45, 2.75) is 12.8 Å². The minimum Gasteiger partial charge on any atom is -0.272 e. The summed E-state index contributed by atoms with van der Waals surface area (Å²) in [6.45, 7) is 0.738. The Balaban J connectivity index is 2.55. The molecule has 1 amide bonds. The van der Waals surface area contributed by atoms with Crippen molar-refractivity contribution in [3.63, 3.8) is 0 Å². The molecule has 1 fully saturated rings. The summed E-state index contributed by atoms with van der Waals surface area (Å²) in [5.41, 5.74) is 0. The lowest BCUT2D eigenvalue weighted by Crippen LogP contribution is -2.28. The number of carbonyl (C=O) groups is 1. The van der Waals surface area contributed by atoms with Gasteiger partial charge in [-0.1, -0.05) is 12.2 Å². The zero-order valence-corrected chi connectivity index (χ0v) is 7.00. The number of amides is 1. The molecule has 1 aliphatic heterocycles. The van der Waals surface area contributed by atoms with Gasteiger partial charge in [0.15, 0.2) is 4.32 Å². The number of nitrogens with two attached hydrogens (primary N) is 1. The zero-order chi connectivity index (χ0) is 7.56. The number of nitrogens with zero attached hydrogens (tertiary/aromatic N) is 1. The van der Waals surface area contributed by atoms with Gasteiger partial charge >= 0.3 is 5.91 Å². The van der Waals surface area contributed by atoms with E-state index in [1.807, 2.05) is 0 Å². The average molecular weight is 176 g/mol. The first-order chi connectivity index (χ1) is 4.75. The Morgan fingerprint density at radius 1 is 1.80 bits per heavy atom. The van der Waals surface area contributed by atoms with Crippen LogP contribution in [0.15, 0.2) is 0 Å². The predicted molar refractivity (Wildman–Crippen MR) is 45.3 cm³/mol. The number of thiocarbonyl (C=S) groups is 1. The van der Waals surface area contributed by atoms with Crippen molar-refractivity contribution in [2.24, 2.45) is 5.14 Å². The van der Waals surface area contributed by atoms with Crippen LogP contribution < -0.4 is 5.14 Å². The largest absolute Gasteiger partial charge is 0.548 e. The summed E-state index contributed by atoms with van der Waals surface area (Å²) in [5, 5.41) is 5.20. The van der Waals surface area contributed by atoms with Crippen molar-refractivity contribution in [3.8, 4) is 0 Å². The summed E-state index contributed by atoms with van der Waals surface area (Å²) < 4.78 is 0.488. The Labute approximate surface area is 69.1 Å². The molecular weight excluding hydrogens is 168 g/mol. The zero-order valence-electron chi connectivity index (χ0n) is 5.37. The highest BCUT2D eigenvalue weighted by atomic mass is 32.2. The predicted octanol–water partition coefficient (Wildman–Crippen LogP) is 0.501. The van der Waals surface area contributed by atoms with Gasteiger partial charge in [0.1, 0.15) is 0 Å². The van der Waals surface area contributed by atoms with E-state index in [1.165, 1.54) is 0 Å². The molecule has 0 aromatic rings. The van der Waals surface area contributed by atoms with Crippen LogP contribution in [0.4, 0.5) is 0 Å². The minimum atomic E-state index is 0.1000. The normalized spacial score (nSPS) is 18.1. The number of likely N-dealkylation sites (tertiary alicyclic amines) is 1. The van der Waals surface area contributed by atoms with Gasteiger partial charge in [0.05, 0.1) is 6.42 Å². The molecule has 0 spiro atoms. The van der Waals surface area contributed by atoms with Crippen LogP contribution >= 0.6 is 24.2 Å². The first-order valence-corrected chi connectivity index (χ1v) is 4.25. The van der Waals surface area contributed by atoms with E-state index < -0.39 is 0 Å². The Morgan fingerprint density at radius 2 is 2.50 bits per heavy atom. The number of carbonyl (C=O) groups excluding carboxylic acids is 1. The van der Waals surface area contributed by atoms with Crippen LogP contribution in [0.2, 0.25) is 0 Å². The van der Waals surface area contributed by atoms with E-state index in [9.17, 15) is 4.79 Å². The van der Waals surface area contributed by atoms with Gasteiger partial charge in [-0.3, -0.25) is 5.14 Å². The van der Waals surface area contributed by atoms with Gasteiger partial charge in [-0.25, -0.2) is 4.90 Å². The summed E-state index contributed by atoms with van der Waals surface area (Å²) in [6.07, 6.45) is 1.51. The molecule has 0 aromatic carbocycles. The molecule has 0 aliphatic carbocycles. The van der Waals surface area contributed by atoms with Crippen LogP contribution in [0.5, 0.6) is 0 Å². The van der Waals surface area contributed by atoms with Crippen molar-refractivity contribution in [3.05, 3.63) is 0 Å². The minimum absolute atomic E-state index is 0.1000. The van der Waals surface area contributed by atoms with Crippen molar-refractivity contribution < 1.29 is 4.79 Å². The standard InChI is InChI=1S/C5H8N2OS2/c6-10-5(9)7-3-1-2-4(7)8/h1-3,6H2/q+1. The molecule has 0 unspecified atom stereocenters. The molecule has 1 aliphatic rings. The van der Waals surface area contributed by atoms with E-state index in [-0.39, 0.29) is 5.91 Å². The summed E-state index contributed by atoms with van der Waals surface area (Å²) in [4.78, 5) is 12.5. The van der Waals surface area contributed by atoms with Crippen LogP contribution in [-0.4, -0.2) is 21.7 Å². The molecule has 55 valence electrons. The summed E-state index contributed by atoms with van der Waals surface area (Å²) in [6, 6.07) is 0. The highest BCUT2D eigenvalue weighted by Gasteiger charge is 2.34. The first-order valence-electron chi connectivity index (χ1n) is 2.97. The van der Waals surface area contributed by atoms with Crippen LogP contribution in [0.1, 0.15) is 12.8 Å². The van der Waals surface area contributed by atoms with Gasteiger partial charge < -0.3 is 0 Å². The van der Waals surface area contributed by atoms with Crippen molar-refractivity contribution in [1.29, 1.82) is 0 Å². The molecule has 0 atom stereocenters. The Hall–Kier alpha value is -0.130. The van der Waals surface area contributed by atoms with E-state index in [2.05, 4.69) is 0 Å². The molecule has 1 rings (SSSR count). The molecular formula is C5H8N2OS2+. The molecule has 1 radical (unpaired) electrons. The quantitative estimate of drug-likeness (QED) is 0.332. The van der Waals surface area contributed by atoms with Crippen molar-refractivity contribution in [2.75, 3.05) is 6.54 Å². The lowest BCUT2D eigenvalue weighted by Gasteiger charge is -2.06. The van der Waals surface area contributed by atoms with Gasteiger partial charge in [-0.15, -0.1) is 0 Å². The third-order valence-electron chi connectivity index (χ3n) is 1.39. The lowest BCUT2D eigenvalue weighted by molar-refractivity contribution is -0.124. The second-order valence-corrected chi connectivity index (χ2v) is 3.30. The van der Waals surface area contributed by atoms with E-state index in [1.54, 1.807) is 4.90 Å². The molecule has 0 bridgehead atoms. The van der Waals surface area contributed by atoms with E-state index in [0.717, 1.165) is 24.9 Å². The molecule has 5 heteroatoms. The lowest BCUT2D eigenvalue weighted by atomic mass is 10.4. The Morgan fingerprint density at radius 3 is 2.90 bits per heavy atom. The second kappa shape index (κ2) is 3.32. The highest BCUT2D eigenvalue weighted by molar-refractivity contribution is 8.21. The SMILES string of the molecule is NSC(=S)N1CCCC1=[O+]. The fourth-order valence-corrected chi connectivity index (χ4v) is 1.42. The van der Waals surface area contributed by atoms with Gasteiger partial charge in [0.2, 0.25) is 4.79 Å². The number of hydrogen-bond acceptors (Lipinski definition) is 4. The van der Waals surface area contributed by atoms with E-state index in [4.69, 9.17) is 17.4 Å². The maximum atomic E-state index is 10.9. The highest BCUT2D eigenvalue weighted by Crippen LogP contribution is 2.13. The number of hydrogen-bond donors (Lipinski definition) is 1. The van der Waals surface area contributed by atoms with Crippen LogP contribution in [0.3, 0.4) is 0 Å².